The number of amides is 1. The molecule has 138 valence electrons. The molecule has 0 spiro atoms. The molecule has 1 aliphatic heterocycles. The molecule has 1 atom stereocenters. The Hall–Kier alpha value is -1.99. The summed E-state index contributed by atoms with van der Waals surface area (Å²) < 4.78 is 10.5. The van der Waals surface area contributed by atoms with Gasteiger partial charge in [0.2, 0.25) is 5.91 Å². The van der Waals surface area contributed by atoms with Gasteiger partial charge < -0.3 is 24.4 Å². The van der Waals surface area contributed by atoms with Crippen molar-refractivity contribution in [3.8, 4) is 11.5 Å². The minimum atomic E-state index is -1.09. The van der Waals surface area contributed by atoms with Crippen LogP contribution < -0.4 is 9.47 Å². The van der Waals surface area contributed by atoms with E-state index in [0.717, 1.165) is 18.7 Å². The molecule has 0 aromatic heterocycles. The standard InChI is InChI=1S/C17H23ClN2O5/c1-19(8-12-6-15(21)20(2)9-12)7-11-4-13(18)17(14(5-11)24-3)25-10-16(22)23/h4-5,12H,6-10H2,1-3H3,(H,22,23)/t12-/m1/s1. The van der Waals surface area contributed by atoms with Crippen LogP contribution in [-0.2, 0) is 16.1 Å². The van der Waals surface area contributed by atoms with E-state index in [2.05, 4.69) is 4.90 Å². The average molecular weight is 371 g/mol. The van der Waals surface area contributed by atoms with E-state index >= 15 is 0 Å². The number of carbonyl (C=O) groups excluding carboxylic acids is 1. The number of hydrogen-bond acceptors (Lipinski definition) is 5. The number of benzene rings is 1. The normalized spacial score (nSPS) is 17.2. The molecule has 1 aromatic carbocycles. The lowest BCUT2D eigenvalue weighted by molar-refractivity contribution is -0.139. The fraction of sp³-hybridized carbons (Fsp3) is 0.529. The van der Waals surface area contributed by atoms with Gasteiger partial charge in [0, 0.05) is 33.1 Å². The van der Waals surface area contributed by atoms with E-state index in [4.69, 9.17) is 26.2 Å². The Morgan fingerprint density at radius 2 is 2.20 bits per heavy atom. The molecular formula is C17H23ClN2O5. The molecule has 0 radical (unpaired) electrons. The van der Waals surface area contributed by atoms with E-state index < -0.39 is 12.6 Å². The Morgan fingerprint density at radius 3 is 2.76 bits per heavy atom. The summed E-state index contributed by atoms with van der Waals surface area (Å²) in [6.07, 6.45) is 0.576. The number of likely N-dealkylation sites (tertiary alicyclic amines) is 1. The highest BCUT2D eigenvalue weighted by Gasteiger charge is 2.27. The van der Waals surface area contributed by atoms with Crippen LogP contribution in [0, 0.1) is 5.92 Å². The second kappa shape index (κ2) is 8.40. The number of methoxy groups -OCH3 is 1. The summed E-state index contributed by atoms with van der Waals surface area (Å²) in [5.74, 6) is 0.0352. The smallest absolute Gasteiger partial charge is 0.341 e. The molecule has 2 rings (SSSR count). The van der Waals surface area contributed by atoms with Gasteiger partial charge >= 0.3 is 5.97 Å². The van der Waals surface area contributed by atoms with Gasteiger partial charge in [0.15, 0.2) is 18.1 Å². The molecule has 8 heteroatoms. The van der Waals surface area contributed by atoms with Gasteiger partial charge in [-0.25, -0.2) is 4.79 Å². The number of carboxylic acids is 1. The molecule has 1 aliphatic rings. The van der Waals surface area contributed by atoms with Crippen molar-refractivity contribution in [2.45, 2.75) is 13.0 Å². The van der Waals surface area contributed by atoms with Crippen molar-refractivity contribution < 1.29 is 24.2 Å². The Kier molecular flexibility index (Phi) is 6.50. The maximum atomic E-state index is 11.6. The zero-order valence-corrected chi connectivity index (χ0v) is 15.4. The molecule has 1 fully saturated rings. The Bertz CT molecular complexity index is 652. The summed E-state index contributed by atoms with van der Waals surface area (Å²) in [5.41, 5.74) is 0.921. The topological polar surface area (TPSA) is 79.3 Å². The number of ether oxygens (including phenoxy) is 2. The Balaban J connectivity index is 2.02. The van der Waals surface area contributed by atoms with E-state index in [1.165, 1.54) is 7.11 Å². The predicted molar refractivity (Wildman–Crippen MR) is 93.2 cm³/mol. The van der Waals surface area contributed by atoms with E-state index in [9.17, 15) is 9.59 Å². The van der Waals surface area contributed by atoms with Crippen LogP contribution in [0.15, 0.2) is 12.1 Å². The molecule has 7 nitrogen and oxygen atoms in total. The fourth-order valence-corrected chi connectivity index (χ4v) is 3.32. The minimum absolute atomic E-state index is 0.183. The summed E-state index contributed by atoms with van der Waals surface area (Å²) in [6, 6.07) is 3.52. The lowest BCUT2D eigenvalue weighted by Gasteiger charge is -2.21. The van der Waals surface area contributed by atoms with Gasteiger partial charge in [0.1, 0.15) is 0 Å². The molecule has 0 aliphatic carbocycles. The van der Waals surface area contributed by atoms with Crippen LogP contribution in [-0.4, -0.2) is 67.7 Å². The number of hydrogen-bond donors (Lipinski definition) is 1. The molecule has 25 heavy (non-hydrogen) atoms. The van der Waals surface area contributed by atoms with Crippen molar-refractivity contribution in [3.05, 3.63) is 22.7 Å². The molecule has 0 unspecified atom stereocenters. The highest BCUT2D eigenvalue weighted by Crippen LogP contribution is 2.36. The summed E-state index contributed by atoms with van der Waals surface area (Å²) in [7, 11) is 5.29. The molecule has 1 N–H and O–H groups in total. The van der Waals surface area contributed by atoms with Crippen LogP contribution in [0.5, 0.6) is 11.5 Å². The summed E-state index contributed by atoms with van der Waals surface area (Å²) in [5, 5.41) is 9.04. The zero-order chi connectivity index (χ0) is 18.6. The van der Waals surface area contributed by atoms with Crippen LogP contribution in [0.1, 0.15) is 12.0 Å². The first kappa shape index (κ1) is 19.3. The average Bonchev–Trinajstić information content (AvgIpc) is 2.83. The molecule has 1 aromatic rings. The summed E-state index contributed by atoms with van der Waals surface area (Å²) in [4.78, 5) is 26.2. The highest BCUT2D eigenvalue weighted by molar-refractivity contribution is 6.32. The lowest BCUT2D eigenvalue weighted by atomic mass is 10.1. The van der Waals surface area contributed by atoms with Crippen molar-refractivity contribution >= 4 is 23.5 Å². The van der Waals surface area contributed by atoms with Gasteiger partial charge in [-0.05, 0) is 30.7 Å². The quantitative estimate of drug-likeness (QED) is 0.750. The third kappa shape index (κ3) is 5.24. The summed E-state index contributed by atoms with van der Waals surface area (Å²) in [6.45, 7) is 1.71. The van der Waals surface area contributed by atoms with Gasteiger partial charge in [-0.3, -0.25) is 4.79 Å². The molecular weight excluding hydrogens is 348 g/mol. The van der Waals surface area contributed by atoms with Gasteiger partial charge in [0.05, 0.1) is 12.1 Å². The van der Waals surface area contributed by atoms with Crippen molar-refractivity contribution in [1.82, 2.24) is 9.80 Å². The van der Waals surface area contributed by atoms with Gasteiger partial charge in [-0.2, -0.15) is 0 Å². The van der Waals surface area contributed by atoms with E-state index in [1.54, 1.807) is 17.0 Å². The monoisotopic (exact) mass is 370 g/mol. The van der Waals surface area contributed by atoms with Gasteiger partial charge in [-0.1, -0.05) is 11.6 Å². The van der Waals surface area contributed by atoms with Crippen molar-refractivity contribution in [2.24, 2.45) is 5.92 Å². The summed E-state index contributed by atoms with van der Waals surface area (Å²) >= 11 is 6.22. The minimum Gasteiger partial charge on any atom is -0.493 e. The number of rotatable bonds is 8. The van der Waals surface area contributed by atoms with Crippen molar-refractivity contribution in [1.29, 1.82) is 0 Å². The molecule has 1 amide bonds. The zero-order valence-electron chi connectivity index (χ0n) is 14.6. The number of aliphatic carboxylic acids is 1. The Morgan fingerprint density at radius 1 is 1.48 bits per heavy atom. The van der Waals surface area contributed by atoms with E-state index in [0.29, 0.717) is 29.7 Å². The number of carbonyl (C=O) groups is 2. The Labute approximate surface area is 152 Å². The van der Waals surface area contributed by atoms with Crippen molar-refractivity contribution in [3.63, 3.8) is 0 Å². The van der Waals surface area contributed by atoms with Crippen LogP contribution in [0.4, 0.5) is 0 Å². The fourth-order valence-electron chi connectivity index (χ4n) is 3.03. The molecule has 0 saturated carbocycles. The third-order valence-electron chi connectivity index (χ3n) is 4.07. The first-order valence-corrected chi connectivity index (χ1v) is 8.31. The van der Waals surface area contributed by atoms with Gasteiger partial charge in [0.25, 0.3) is 0 Å². The van der Waals surface area contributed by atoms with Gasteiger partial charge in [-0.15, -0.1) is 0 Å². The predicted octanol–water partition coefficient (Wildman–Crippen LogP) is 1.72. The van der Waals surface area contributed by atoms with Crippen LogP contribution in [0.25, 0.3) is 0 Å². The second-order valence-corrected chi connectivity index (χ2v) is 6.74. The van der Waals surface area contributed by atoms with Crippen LogP contribution in [0.3, 0.4) is 0 Å². The number of halogens is 1. The largest absolute Gasteiger partial charge is 0.493 e. The van der Waals surface area contributed by atoms with Crippen LogP contribution in [0.2, 0.25) is 5.02 Å². The SMILES string of the molecule is COc1cc(CN(C)C[C@H]2CC(=O)N(C)C2)cc(Cl)c1OCC(=O)O. The molecule has 1 heterocycles. The second-order valence-electron chi connectivity index (χ2n) is 6.33. The van der Waals surface area contributed by atoms with E-state index in [1.807, 2.05) is 14.1 Å². The first-order valence-electron chi connectivity index (χ1n) is 7.93. The highest BCUT2D eigenvalue weighted by atomic mass is 35.5. The van der Waals surface area contributed by atoms with Crippen LogP contribution >= 0.6 is 11.6 Å². The molecule has 0 bridgehead atoms. The molecule has 1 saturated heterocycles. The number of carboxylic acid groups (broad SMARTS) is 1. The first-order chi connectivity index (χ1) is 11.8. The third-order valence-corrected chi connectivity index (χ3v) is 4.35. The van der Waals surface area contributed by atoms with E-state index in [-0.39, 0.29) is 11.7 Å². The van der Waals surface area contributed by atoms with Crippen molar-refractivity contribution in [2.75, 3.05) is 40.9 Å². The maximum Gasteiger partial charge on any atom is 0.341 e. The lowest BCUT2D eigenvalue weighted by Crippen LogP contribution is -2.27. The number of nitrogens with zero attached hydrogens (tertiary/aromatic N) is 2. The maximum absolute atomic E-state index is 11.6.